The molecule has 1 rings (SSSR count). The number of benzene rings is 1. The van der Waals surface area contributed by atoms with Gasteiger partial charge >= 0.3 is 0 Å². The predicted octanol–water partition coefficient (Wildman–Crippen LogP) is 1.23. The van der Waals surface area contributed by atoms with Crippen molar-refractivity contribution in [3.63, 3.8) is 0 Å². The summed E-state index contributed by atoms with van der Waals surface area (Å²) in [6, 6.07) is 6.95. The summed E-state index contributed by atoms with van der Waals surface area (Å²) < 4.78 is 11.8. The average Bonchev–Trinajstić information content (AvgIpc) is 2.27. The number of hydrogen-bond donors (Lipinski definition) is 2. The molecular weight excluding hydrogens is 211 g/mol. The molecule has 86 valence electrons. The van der Waals surface area contributed by atoms with Crippen LogP contribution in [0.15, 0.2) is 24.3 Å². The van der Waals surface area contributed by atoms with E-state index in [9.17, 15) is 14.0 Å². The fraction of sp³-hybridized carbons (Fsp3) is 0.273. The van der Waals surface area contributed by atoms with Gasteiger partial charge in [0.15, 0.2) is 6.67 Å². The normalized spacial score (nSPS) is 9.62. The first-order chi connectivity index (χ1) is 7.61. The Morgan fingerprint density at radius 3 is 2.38 bits per heavy atom. The van der Waals surface area contributed by atoms with Crippen LogP contribution in [0, 0.1) is 0 Å². The Balaban J connectivity index is 2.51. The minimum absolute atomic E-state index is 0.140. The Kier molecular flexibility index (Phi) is 4.44. The van der Waals surface area contributed by atoms with E-state index in [-0.39, 0.29) is 12.5 Å². The van der Waals surface area contributed by atoms with E-state index in [0.717, 1.165) is 5.56 Å². The number of hydrogen-bond acceptors (Lipinski definition) is 2. The topological polar surface area (TPSA) is 58.2 Å². The number of nitrogens with one attached hydrogen (secondary N) is 2. The quantitative estimate of drug-likeness (QED) is 0.808. The molecule has 1 aromatic rings. The third-order valence-electron chi connectivity index (χ3n) is 1.89. The highest BCUT2D eigenvalue weighted by Crippen LogP contribution is 2.09. The Morgan fingerprint density at radius 1 is 1.25 bits per heavy atom. The van der Waals surface area contributed by atoms with Crippen LogP contribution < -0.4 is 10.6 Å². The van der Waals surface area contributed by atoms with Gasteiger partial charge in [0.1, 0.15) is 0 Å². The molecule has 0 unspecified atom stereocenters. The minimum Gasteiger partial charge on any atom is -0.350 e. The van der Waals surface area contributed by atoms with Crippen molar-refractivity contribution in [3.05, 3.63) is 29.8 Å². The summed E-state index contributed by atoms with van der Waals surface area (Å²) in [6.07, 6.45) is 0. The van der Waals surface area contributed by atoms with Crippen LogP contribution in [-0.4, -0.2) is 18.5 Å². The molecule has 0 aliphatic rings. The van der Waals surface area contributed by atoms with Crippen molar-refractivity contribution in [3.8, 4) is 0 Å². The molecule has 0 aliphatic heterocycles. The van der Waals surface area contributed by atoms with E-state index < -0.39 is 12.6 Å². The molecule has 5 heteroatoms. The van der Waals surface area contributed by atoms with Crippen LogP contribution in [0.25, 0.3) is 0 Å². The minimum atomic E-state index is -1.01. The first-order valence-corrected chi connectivity index (χ1v) is 4.81. The van der Waals surface area contributed by atoms with Crippen molar-refractivity contribution in [2.75, 3.05) is 12.0 Å². The summed E-state index contributed by atoms with van der Waals surface area (Å²) in [5.74, 6) is -0.774. The molecule has 2 N–H and O–H groups in total. The van der Waals surface area contributed by atoms with Gasteiger partial charge < -0.3 is 10.6 Å². The van der Waals surface area contributed by atoms with Crippen LogP contribution in [0.5, 0.6) is 0 Å². The second-order valence-corrected chi connectivity index (χ2v) is 3.29. The summed E-state index contributed by atoms with van der Waals surface area (Å²) in [5.41, 5.74) is 1.53. The number of carbonyl (C=O) groups is 2. The van der Waals surface area contributed by atoms with E-state index in [1.807, 2.05) is 0 Å². The maximum Gasteiger partial charge on any atom is 0.251 e. The Morgan fingerprint density at radius 2 is 1.88 bits per heavy atom. The highest BCUT2D eigenvalue weighted by molar-refractivity contribution is 5.88. The van der Waals surface area contributed by atoms with Crippen LogP contribution in [0.3, 0.4) is 0 Å². The van der Waals surface area contributed by atoms with Crippen LogP contribution >= 0.6 is 0 Å². The number of alkyl halides is 1. The number of carbonyl (C=O) groups excluding carboxylic acids is 2. The van der Waals surface area contributed by atoms with Crippen molar-refractivity contribution in [2.45, 2.75) is 13.5 Å². The number of anilines is 1. The van der Waals surface area contributed by atoms with Gasteiger partial charge in [-0.05, 0) is 17.7 Å². The Hall–Kier alpha value is -1.91. The van der Waals surface area contributed by atoms with Crippen molar-refractivity contribution in [2.24, 2.45) is 0 Å². The summed E-state index contributed by atoms with van der Waals surface area (Å²) in [7, 11) is 0. The highest BCUT2D eigenvalue weighted by Gasteiger charge is 2.00. The van der Waals surface area contributed by atoms with E-state index >= 15 is 0 Å². The summed E-state index contributed by atoms with van der Waals surface area (Å²) >= 11 is 0. The van der Waals surface area contributed by atoms with Gasteiger partial charge in [0, 0.05) is 19.2 Å². The van der Waals surface area contributed by atoms with Gasteiger partial charge in [0.25, 0.3) is 5.91 Å². The summed E-state index contributed by atoms with van der Waals surface area (Å²) in [5, 5.41) is 5.03. The molecular formula is C11H13FN2O2. The SMILES string of the molecule is CC(=O)Nc1ccc(CNC(=O)CF)cc1. The van der Waals surface area contributed by atoms with E-state index in [1.54, 1.807) is 24.3 Å². The van der Waals surface area contributed by atoms with Gasteiger partial charge in [-0.25, -0.2) is 4.39 Å². The lowest BCUT2D eigenvalue weighted by Crippen LogP contribution is -2.23. The van der Waals surface area contributed by atoms with Crippen LogP contribution in [0.1, 0.15) is 12.5 Å². The third kappa shape index (κ3) is 4.08. The molecule has 0 heterocycles. The van der Waals surface area contributed by atoms with E-state index in [4.69, 9.17) is 0 Å². The summed E-state index contributed by atoms with van der Waals surface area (Å²) in [6.45, 7) is 0.697. The van der Waals surface area contributed by atoms with Crippen LogP contribution in [0.4, 0.5) is 10.1 Å². The van der Waals surface area contributed by atoms with Crippen molar-refractivity contribution in [1.82, 2.24) is 5.32 Å². The third-order valence-corrected chi connectivity index (χ3v) is 1.89. The van der Waals surface area contributed by atoms with Gasteiger partial charge in [-0.2, -0.15) is 0 Å². The van der Waals surface area contributed by atoms with Crippen LogP contribution in [-0.2, 0) is 16.1 Å². The molecule has 0 spiro atoms. The highest BCUT2D eigenvalue weighted by atomic mass is 19.1. The molecule has 0 saturated carbocycles. The monoisotopic (exact) mass is 224 g/mol. The molecule has 2 amide bonds. The molecule has 16 heavy (non-hydrogen) atoms. The first kappa shape index (κ1) is 12.2. The van der Waals surface area contributed by atoms with Crippen LogP contribution in [0.2, 0.25) is 0 Å². The van der Waals surface area contributed by atoms with Gasteiger partial charge in [-0.3, -0.25) is 9.59 Å². The van der Waals surface area contributed by atoms with Gasteiger partial charge in [0.05, 0.1) is 0 Å². The fourth-order valence-corrected chi connectivity index (χ4v) is 1.16. The number of amides is 2. The van der Waals surface area contributed by atoms with E-state index in [0.29, 0.717) is 5.69 Å². The zero-order valence-corrected chi connectivity index (χ0v) is 8.92. The number of halogens is 1. The zero-order chi connectivity index (χ0) is 12.0. The summed E-state index contributed by atoms with van der Waals surface area (Å²) in [4.78, 5) is 21.4. The Labute approximate surface area is 92.8 Å². The van der Waals surface area contributed by atoms with Gasteiger partial charge in [-0.1, -0.05) is 12.1 Å². The first-order valence-electron chi connectivity index (χ1n) is 4.81. The molecule has 0 atom stereocenters. The maximum absolute atomic E-state index is 11.8. The molecule has 0 bridgehead atoms. The zero-order valence-electron chi connectivity index (χ0n) is 8.92. The standard InChI is InChI=1S/C11H13FN2O2/c1-8(15)14-10-4-2-9(3-5-10)7-13-11(16)6-12/h2-5H,6-7H2,1H3,(H,13,16)(H,14,15). The lowest BCUT2D eigenvalue weighted by atomic mass is 10.2. The smallest absolute Gasteiger partial charge is 0.251 e. The molecule has 0 saturated heterocycles. The largest absolute Gasteiger partial charge is 0.350 e. The second-order valence-electron chi connectivity index (χ2n) is 3.29. The average molecular weight is 224 g/mol. The van der Waals surface area contributed by atoms with E-state index in [2.05, 4.69) is 10.6 Å². The maximum atomic E-state index is 11.8. The molecule has 0 aliphatic carbocycles. The van der Waals surface area contributed by atoms with Crippen molar-refractivity contribution >= 4 is 17.5 Å². The molecule has 4 nitrogen and oxygen atoms in total. The fourth-order valence-electron chi connectivity index (χ4n) is 1.16. The molecule has 1 aromatic carbocycles. The Bertz CT molecular complexity index is 376. The van der Waals surface area contributed by atoms with Crippen molar-refractivity contribution < 1.29 is 14.0 Å². The second kappa shape index (κ2) is 5.85. The van der Waals surface area contributed by atoms with Gasteiger partial charge in [0.2, 0.25) is 5.91 Å². The van der Waals surface area contributed by atoms with Gasteiger partial charge in [-0.15, -0.1) is 0 Å². The van der Waals surface area contributed by atoms with E-state index in [1.165, 1.54) is 6.92 Å². The molecule has 0 radical (unpaired) electrons. The number of rotatable bonds is 4. The predicted molar refractivity (Wildman–Crippen MR) is 58.6 cm³/mol. The molecule has 0 fully saturated rings. The van der Waals surface area contributed by atoms with Crippen molar-refractivity contribution in [1.29, 1.82) is 0 Å². The lowest BCUT2D eigenvalue weighted by Gasteiger charge is -2.05. The molecule has 0 aromatic heterocycles. The lowest BCUT2D eigenvalue weighted by molar-refractivity contribution is -0.122.